The van der Waals surface area contributed by atoms with Crippen LogP contribution in [-0.4, -0.2) is 72.6 Å². The van der Waals surface area contributed by atoms with E-state index in [9.17, 15) is 9.59 Å². The lowest BCUT2D eigenvalue weighted by Crippen LogP contribution is -2.48. The Morgan fingerprint density at radius 1 is 1.17 bits per heavy atom. The number of amides is 2. The van der Waals surface area contributed by atoms with Gasteiger partial charge in [0.05, 0.1) is 6.54 Å². The Balaban J connectivity index is 1.47. The maximum absolute atomic E-state index is 12.3. The van der Waals surface area contributed by atoms with Gasteiger partial charge in [0.25, 0.3) is 0 Å². The van der Waals surface area contributed by atoms with Gasteiger partial charge in [-0.15, -0.1) is 0 Å². The second-order valence-corrected chi connectivity index (χ2v) is 7.12. The Kier molecular flexibility index (Phi) is 5.54. The number of nitrogens with one attached hydrogen (secondary N) is 1. The smallest absolute Gasteiger partial charge is 0.234 e. The summed E-state index contributed by atoms with van der Waals surface area (Å²) < 4.78 is 5.33. The average Bonchev–Trinajstić information content (AvgIpc) is 3.27. The molecule has 6 nitrogen and oxygen atoms in total. The SMILES string of the molecule is CC(=O)N(C[C@@H]1CCCN1CC(=O)NC1CCOCC1)C1CC1. The fourth-order valence-electron chi connectivity index (χ4n) is 3.76. The molecule has 0 bridgehead atoms. The highest BCUT2D eigenvalue weighted by Gasteiger charge is 2.35. The van der Waals surface area contributed by atoms with Crippen molar-refractivity contribution in [3.8, 4) is 0 Å². The van der Waals surface area contributed by atoms with Crippen LogP contribution in [-0.2, 0) is 14.3 Å². The van der Waals surface area contributed by atoms with Crippen molar-refractivity contribution in [1.29, 1.82) is 0 Å². The molecule has 2 heterocycles. The molecule has 130 valence electrons. The van der Waals surface area contributed by atoms with Crippen LogP contribution < -0.4 is 5.32 Å². The summed E-state index contributed by atoms with van der Waals surface area (Å²) in [6, 6.07) is 1.04. The van der Waals surface area contributed by atoms with Crippen LogP contribution >= 0.6 is 0 Å². The summed E-state index contributed by atoms with van der Waals surface area (Å²) in [4.78, 5) is 28.4. The van der Waals surface area contributed by atoms with Crippen LogP contribution in [0.4, 0.5) is 0 Å². The lowest BCUT2D eigenvalue weighted by molar-refractivity contribution is -0.130. The molecule has 0 unspecified atom stereocenters. The van der Waals surface area contributed by atoms with Gasteiger partial charge in [0.2, 0.25) is 11.8 Å². The van der Waals surface area contributed by atoms with Gasteiger partial charge in [-0.1, -0.05) is 0 Å². The fraction of sp³-hybridized carbons (Fsp3) is 0.882. The minimum absolute atomic E-state index is 0.115. The largest absolute Gasteiger partial charge is 0.381 e. The number of ether oxygens (including phenoxy) is 1. The monoisotopic (exact) mass is 323 g/mol. The quantitative estimate of drug-likeness (QED) is 0.784. The normalized spacial score (nSPS) is 26.2. The first kappa shape index (κ1) is 16.7. The Morgan fingerprint density at radius 2 is 1.91 bits per heavy atom. The van der Waals surface area contributed by atoms with Gasteiger partial charge in [-0.05, 0) is 45.1 Å². The van der Waals surface area contributed by atoms with E-state index in [0.717, 1.165) is 64.8 Å². The van der Waals surface area contributed by atoms with E-state index in [1.807, 2.05) is 4.90 Å². The Hall–Kier alpha value is -1.14. The van der Waals surface area contributed by atoms with E-state index in [0.29, 0.717) is 18.6 Å². The summed E-state index contributed by atoms with van der Waals surface area (Å²) in [7, 11) is 0. The van der Waals surface area contributed by atoms with Crippen LogP contribution in [0.15, 0.2) is 0 Å². The molecule has 0 aromatic heterocycles. The molecule has 1 atom stereocenters. The number of rotatable bonds is 6. The van der Waals surface area contributed by atoms with Crippen molar-refractivity contribution < 1.29 is 14.3 Å². The van der Waals surface area contributed by atoms with Crippen LogP contribution in [0.25, 0.3) is 0 Å². The lowest BCUT2D eigenvalue weighted by Gasteiger charge is -2.31. The van der Waals surface area contributed by atoms with E-state index in [2.05, 4.69) is 10.2 Å². The molecule has 2 saturated heterocycles. The van der Waals surface area contributed by atoms with E-state index < -0.39 is 0 Å². The second kappa shape index (κ2) is 7.62. The minimum Gasteiger partial charge on any atom is -0.381 e. The van der Waals surface area contributed by atoms with Gasteiger partial charge in [-0.25, -0.2) is 0 Å². The first-order valence-corrected chi connectivity index (χ1v) is 9.02. The third-order valence-corrected chi connectivity index (χ3v) is 5.23. The minimum atomic E-state index is 0.115. The fourth-order valence-corrected chi connectivity index (χ4v) is 3.76. The third-order valence-electron chi connectivity index (χ3n) is 5.23. The molecule has 2 amide bonds. The van der Waals surface area contributed by atoms with E-state index >= 15 is 0 Å². The zero-order chi connectivity index (χ0) is 16.2. The summed E-state index contributed by atoms with van der Waals surface area (Å²) in [5, 5.41) is 3.14. The molecule has 3 fully saturated rings. The molecule has 0 spiro atoms. The molecule has 1 saturated carbocycles. The zero-order valence-corrected chi connectivity index (χ0v) is 14.1. The molecule has 1 aliphatic carbocycles. The van der Waals surface area contributed by atoms with Gasteiger partial charge in [0.1, 0.15) is 0 Å². The highest BCUT2D eigenvalue weighted by molar-refractivity contribution is 5.78. The van der Waals surface area contributed by atoms with E-state index in [-0.39, 0.29) is 17.9 Å². The first-order valence-electron chi connectivity index (χ1n) is 9.02. The molecule has 3 rings (SSSR count). The summed E-state index contributed by atoms with van der Waals surface area (Å²) in [5.74, 6) is 0.288. The van der Waals surface area contributed by atoms with Gasteiger partial charge >= 0.3 is 0 Å². The summed E-state index contributed by atoms with van der Waals surface area (Å²) in [5.41, 5.74) is 0. The molecule has 0 aromatic carbocycles. The Labute approximate surface area is 138 Å². The predicted octanol–water partition coefficient (Wildman–Crippen LogP) is 0.757. The molecular formula is C17H29N3O3. The Bertz CT molecular complexity index is 433. The summed E-state index contributed by atoms with van der Waals surface area (Å²) >= 11 is 0. The zero-order valence-electron chi connectivity index (χ0n) is 14.1. The number of likely N-dealkylation sites (tertiary alicyclic amines) is 1. The van der Waals surface area contributed by atoms with Crippen molar-refractivity contribution in [1.82, 2.24) is 15.1 Å². The number of carbonyl (C=O) groups excluding carboxylic acids is 2. The molecule has 0 aromatic rings. The average molecular weight is 323 g/mol. The molecule has 0 radical (unpaired) electrons. The van der Waals surface area contributed by atoms with Gasteiger partial charge in [-0.3, -0.25) is 14.5 Å². The highest BCUT2D eigenvalue weighted by Crippen LogP contribution is 2.29. The number of hydrogen-bond donors (Lipinski definition) is 1. The molecule has 6 heteroatoms. The topological polar surface area (TPSA) is 61.9 Å². The summed E-state index contributed by atoms with van der Waals surface area (Å²) in [6.45, 7) is 5.35. The third kappa shape index (κ3) is 4.67. The summed E-state index contributed by atoms with van der Waals surface area (Å²) in [6.07, 6.45) is 6.30. The predicted molar refractivity (Wildman–Crippen MR) is 87.0 cm³/mol. The van der Waals surface area contributed by atoms with Gasteiger partial charge in [0.15, 0.2) is 0 Å². The van der Waals surface area contributed by atoms with Crippen molar-refractivity contribution in [2.45, 2.75) is 63.6 Å². The number of nitrogens with zero attached hydrogens (tertiary/aromatic N) is 2. The lowest BCUT2D eigenvalue weighted by atomic mass is 10.1. The molecule has 3 aliphatic rings. The Morgan fingerprint density at radius 3 is 2.57 bits per heavy atom. The first-order chi connectivity index (χ1) is 11.1. The van der Waals surface area contributed by atoms with Gasteiger partial charge in [-0.2, -0.15) is 0 Å². The molecule has 23 heavy (non-hydrogen) atoms. The van der Waals surface area contributed by atoms with E-state index in [1.54, 1.807) is 6.92 Å². The van der Waals surface area contributed by atoms with Crippen molar-refractivity contribution in [3.05, 3.63) is 0 Å². The van der Waals surface area contributed by atoms with Crippen molar-refractivity contribution in [3.63, 3.8) is 0 Å². The maximum atomic E-state index is 12.3. The van der Waals surface area contributed by atoms with Crippen LogP contribution in [0.5, 0.6) is 0 Å². The van der Waals surface area contributed by atoms with Gasteiger partial charge in [0, 0.05) is 44.8 Å². The molecular weight excluding hydrogens is 294 g/mol. The van der Waals surface area contributed by atoms with Crippen LogP contribution in [0.1, 0.15) is 45.4 Å². The van der Waals surface area contributed by atoms with Crippen molar-refractivity contribution >= 4 is 11.8 Å². The second-order valence-electron chi connectivity index (χ2n) is 7.12. The number of hydrogen-bond acceptors (Lipinski definition) is 4. The molecule has 1 N–H and O–H groups in total. The van der Waals surface area contributed by atoms with Gasteiger partial charge < -0.3 is 15.0 Å². The number of carbonyl (C=O) groups is 2. The van der Waals surface area contributed by atoms with Crippen LogP contribution in [0, 0.1) is 0 Å². The van der Waals surface area contributed by atoms with E-state index in [1.165, 1.54) is 0 Å². The van der Waals surface area contributed by atoms with Crippen molar-refractivity contribution in [2.24, 2.45) is 0 Å². The van der Waals surface area contributed by atoms with Crippen LogP contribution in [0.2, 0.25) is 0 Å². The van der Waals surface area contributed by atoms with Crippen LogP contribution in [0.3, 0.4) is 0 Å². The van der Waals surface area contributed by atoms with E-state index in [4.69, 9.17) is 4.74 Å². The highest BCUT2D eigenvalue weighted by atomic mass is 16.5. The van der Waals surface area contributed by atoms with Crippen molar-refractivity contribution in [2.75, 3.05) is 32.8 Å². The molecule has 2 aliphatic heterocycles. The maximum Gasteiger partial charge on any atom is 0.234 e. The standard InChI is InChI=1S/C17H29N3O3/c1-13(21)20(15-4-5-15)11-16-3-2-8-19(16)12-17(22)18-14-6-9-23-10-7-14/h14-16H,2-12H2,1H3,(H,18,22)/t16-/m0/s1.